The number of carbonyl (C=O) groups is 1. The van der Waals surface area contributed by atoms with Crippen molar-refractivity contribution in [2.45, 2.75) is 33.6 Å². The Labute approximate surface area is 84.6 Å². The molecular formula is C11H16N2O. The molecule has 1 aromatic rings. The molecule has 0 spiro atoms. The van der Waals surface area contributed by atoms with Crippen molar-refractivity contribution in [3.05, 3.63) is 23.8 Å². The zero-order chi connectivity index (χ0) is 10.6. The summed E-state index contributed by atoms with van der Waals surface area (Å²) in [5.41, 5.74) is 1.02. The minimum Gasteiger partial charge on any atom is -0.300 e. The summed E-state index contributed by atoms with van der Waals surface area (Å²) >= 11 is 0. The van der Waals surface area contributed by atoms with Crippen molar-refractivity contribution < 1.29 is 4.79 Å². The third-order valence-electron chi connectivity index (χ3n) is 1.79. The number of nitrogens with zero attached hydrogens (tertiary/aromatic N) is 2. The highest BCUT2D eigenvalue weighted by atomic mass is 16.1. The monoisotopic (exact) mass is 192 g/mol. The van der Waals surface area contributed by atoms with Gasteiger partial charge < -0.3 is 0 Å². The number of hydrogen-bond acceptors (Lipinski definition) is 3. The van der Waals surface area contributed by atoms with Crippen LogP contribution in [0.15, 0.2) is 12.3 Å². The van der Waals surface area contributed by atoms with Gasteiger partial charge in [0, 0.05) is 11.9 Å². The Hall–Kier alpha value is -1.25. The Morgan fingerprint density at radius 1 is 1.50 bits per heavy atom. The number of hydrogen-bond donors (Lipinski definition) is 0. The molecule has 0 saturated heterocycles. The maximum absolute atomic E-state index is 10.9. The average Bonchev–Trinajstić information content (AvgIpc) is 2.01. The van der Waals surface area contributed by atoms with Gasteiger partial charge in [-0.2, -0.15) is 0 Å². The number of Topliss-reactive ketones (excluding diaryl/α,β-unsaturated/α-hetero) is 1. The first-order chi connectivity index (χ1) is 6.58. The van der Waals surface area contributed by atoms with E-state index in [1.54, 1.807) is 13.1 Å². The highest BCUT2D eigenvalue weighted by molar-refractivity contribution is 5.77. The van der Waals surface area contributed by atoms with Gasteiger partial charge in [-0.15, -0.1) is 0 Å². The van der Waals surface area contributed by atoms with Crippen LogP contribution in [0.5, 0.6) is 0 Å². The van der Waals surface area contributed by atoms with Crippen molar-refractivity contribution in [1.82, 2.24) is 9.97 Å². The van der Waals surface area contributed by atoms with E-state index in [4.69, 9.17) is 0 Å². The largest absolute Gasteiger partial charge is 0.300 e. The maximum atomic E-state index is 10.9. The van der Waals surface area contributed by atoms with Crippen molar-refractivity contribution in [3.63, 3.8) is 0 Å². The van der Waals surface area contributed by atoms with E-state index < -0.39 is 0 Å². The highest BCUT2D eigenvalue weighted by Gasteiger charge is 2.03. The minimum atomic E-state index is 0.103. The van der Waals surface area contributed by atoms with E-state index in [0.717, 1.165) is 12.1 Å². The summed E-state index contributed by atoms with van der Waals surface area (Å²) in [7, 11) is 0. The van der Waals surface area contributed by atoms with E-state index in [1.807, 2.05) is 6.07 Å². The van der Waals surface area contributed by atoms with Crippen LogP contribution in [0.25, 0.3) is 0 Å². The van der Waals surface area contributed by atoms with Crippen molar-refractivity contribution >= 4 is 5.78 Å². The normalized spacial score (nSPS) is 10.6. The molecule has 0 unspecified atom stereocenters. The Bertz CT molecular complexity index is 321. The molecular weight excluding hydrogens is 176 g/mol. The molecule has 0 aliphatic carbocycles. The maximum Gasteiger partial charge on any atom is 0.137 e. The van der Waals surface area contributed by atoms with Gasteiger partial charge in [-0.05, 0) is 25.3 Å². The molecule has 0 radical (unpaired) electrons. The van der Waals surface area contributed by atoms with Crippen molar-refractivity contribution in [2.24, 2.45) is 5.92 Å². The van der Waals surface area contributed by atoms with Crippen molar-refractivity contribution in [3.8, 4) is 0 Å². The zero-order valence-corrected chi connectivity index (χ0v) is 8.95. The summed E-state index contributed by atoms with van der Waals surface area (Å²) < 4.78 is 0. The molecule has 0 fully saturated rings. The molecule has 1 heterocycles. The molecule has 3 heteroatoms. The molecule has 76 valence electrons. The van der Waals surface area contributed by atoms with Crippen LogP contribution >= 0.6 is 0 Å². The van der Waals surface area contributed by atoms with Gasteiger partial charge in [-0.1, -0.05) is 13.8 Å². The lowest BCUT2D eigenvalue weighted by atomic mass is 10.1. The Morgan fingerprint density at radius 3 is 2.79 bits per heavy atom. The van der Waals surface area contributed by atoms with Gasteiger partial charge in [0.15, 0.2) is 0 Å². The summed E-state index contributed by atoms with van der Waals surface area (Å²) in [5, 5.41) is 0. The van der Waals surface area contributed by atoms with Gasteiger partial charge in [0.2, 0.25) is 0 Å². The predicted octanol–water partition coefficient (Wildman–Crippen LogP) is 1.81. The molecule has 0 N–H and O–H groups in total. The number of aromatic nitrogens is 2. The van der Waals surface area contributed by atoms with Crippen LogP contribution in [-0.2, 0) is 17.6 Å². The molecule has 0 saturated carbocycles. The summed E-state index contributed by atoms with van der Waals surface area (Å²) in [4.78, 5) is 19.2. The fourth-order valence-corrected chi connectivity index (χ4v) is 1.28. The Balaban J connectivity index is 2.73. The Morgan fingerprint density at radius 2 is 2.21 bits per heavy atom. The van der Waals surface area contributed by atoms with Crippen LogP contribution in [0.3, 0.4) is 0 Å². The van der Waals surface area contributed by atoms with Gasteiger partial charge in [0.1, 0.15) is 11.6 Å². The second-order valence-corrected chi connectivity index (χ2v) is 3.94. The lowest BCUT2D eigenvalue weighted by Crippen LogP contribution is -2.05. The topological polar surface area (TPSA) is 42.9 Å². The molecule has 3 nitrogen and oxygen atoms in total. The zero-order valence-electron chi connectivity index (χ0n) is 8.95. The molecule has 0 aromatic carbocycles. The number of carbonyl (C=O) groups excluding carboxylic acids is 1. The molecule has 0 aliphatic rings. The smallest absolute Gasteiger partial charge is 0.137 e. The van der Waals surface area contributed by atoms with E-state index >= 15 is 0 Å². The molecule has 0 atom stereocenters. The second kappa shape index (κ2) is 4.84. The number of rotatable bonds is 4. The molecule has 14 heavy (non-hydrogen) atoms. The molecule has 1 rings (SSSR count). The summed E-state index contributed by atoms with van der Waals surface area (Å²) in [6, 6.07) is 1.91. The fourth-order valence-electron chi connectivity index (χ4n) is 1.28. The van der Waals surface area contributed by atoms with Gasteiger partial charge in [0.05, 0.1) is 6.42 Å². The first kappa shape index (κ1) is 10.8. The average molecular weight is 192 g/mol. The standard InChI is InChI=1S/C11H16N2O/c1-8(2)6-10-4-5-12-11(13-10)7-9(3)14/h4-5,8H,6-7H2,1-3H3. The van der Waals surface area contributed by atoms with Gasteiger partial charge >= 0.3 is 0 Å². The first-order valence-electron chi connectivity index (χ1n) is 4.88. The Kier molecular flexibility index (Phi) is 3.74. The van der Waals surface area contributed by atoms with Crippen LogP contribution in [-0.4, -0.2) is 15.8 Å². The van der Waals surface area contributed by atoms with Gasteiger partial charge in [-0.3, -0.25) is 4.79 Å². The number of ketones is 1. The summed E-state index contributed by atoms with van der Waals surface area (Å²) in [5.74, 6) is 1.32. The van der Waals surface area contributed by atoms with E-state index in [2.05, 4.69) is 23.8 Å². The lowest BCUT2D eigenvalue weighted by Gasteiger charge is -2.04. The molecule has 0 aliphatic heterocycles. The van der Waals surface area contributed by atoms with E-state index in [1.165, 1.54) is 0 Å². The molecule has 1 aromatic heterocycles. The highest BCUT2D eigenvalue weighted by Crippen LogP contribution is 2.05. The molecule has 0 bridgehead atoms. The van der Waals surface area contributed by atoms with E-state index in [9.17, 15) is 4.79 Å². The van der Waals surface area contributed by atoms with Crippen LogP contribution < -0.4 is 0 Å². The van der Waals surface area contributed by atoms with Crippen LogP contribution in [0.4, 0.5) is 0 Å². The summed E-state index contributed by atoms with van der Waals surface area (Å²) in [6.45, 7) is 5.85. The quantitative estimate of drug-likeness (QED) is 0.730. The third kappa shape index (κ3) is 3.64. The van der Waals surface area contributed by atoms with Gasteiger partial charge in [-0.25, -0.2) is 9.97 Å². The predicted molar refractivity (Wildman–Crippen MR) is 55.0 cm³/mol. The van der Waals surface area contributed by atoms with Gasteiger partial charge in [0.25, 0.3) is 0 Å². The third-order valence-corrected chi connectivity index (χ3v) is 1.79. The lowest BCUT2D eigenvalue weighted by molar-refractivity contribution is -0.116. The summed E-state index contributed by atoms with van der Waals surface area (Å²) in [6.07, 6.45) is 3.00. The van der Waals surface area contributed by atoms with Crippen molar-refractivity contribution in [1.29, 1.82) is 0 Å². The SMILES string of the molecule is CC(=O)Cc1nccc(CC(C)C)n1. The van der Waals surface area contributed by atoms with E-state index in [-0.39, 0.29) is 5.78 Å². The first-order valence-corrected chi connectivity index (χ1v) is 4.88. The van der Waals surface area contributed by atoms with Crippen molar-refractivity contribution in [2.75, 3.05) is 0 Å². The minimum absolute atomic E-state index is 0.103. The molecule has 0 amide bonds. The second-order valence-electron chi connectivity index (χ2n) is 3.94. The fraction of sp³-hybridized carbons (Fsp3) is 0.545. The van der Waals surface area contributed by atoms with Crippen LogP contribution in [0.2, 0.25) is 0 Å². The van der Waals surface area contributed by atoms with Crippen LogP contribution in [0.1, 0.15) is 32.3 Å². The van der Waals surface area contributed by atoms with E-state index in [0.29, 0.717) is 18.2 Å². The van der Waals surface area contributed by atoms with Crippen LogP contribution in [0, 0.1) is 5.92 Å².